The van der Waals surface area contributed by atoms with E-state index in [0.29, 0.717) is 13.0 Å². The van der Waals surface area contributed by atoms with Crippen LogP contribution in [0.1, 0.15) is 47.5 Å². The van der Waals surface area contributed by atoms with E-state index in [4.69, 9.17) is 10.5 Å². The second-order valence-corrected chi connectivity index (χ2v) is 7.23. The van der Waals surface area contributed by atoms with Gasteiger partial charge in [0.15, 0.2) is 12.3 Å². The Balaban J connectivity index is 3.28. The number of amides is 1. The first-order valence-electron chi connectivity index (χ1n) is 9.33. The van der Waals surface area contributed by atoms with Gasteiger partial charge in [-0.15, -0.1) is 0 Å². The second kappa shape index (κ2) is 10.5. The minimum Gasteiger partial charge on any atom is -0.452 e. The topological polar surface area (TPSA) is 127 Å². The molecule has 0 spiro atoms. The highest BCUT2D eigenvalue weighted by atomic mass is 16.5. The fourth-order valence-electron chi connectivity index (χ4n) is 2.55. The molecule has 0 aliphatic heterocycles. The van der Waals surface area contributed by atoms with Gasteiger partial charge in [0.1, 0.15) is 5.82 Å². The Morgan fingerprint density at radius 2 is 1.93 bits per heavy atom. The third kappa shape index (κ3) is 6.40. The van der Waals surface area contributed by atoms with Crippen molar-refractivity contribution in [1.29, 1.82) is 0 Å². The standard InChI is InChI=1S/C19H30N4O5/c1-6-7-8-22-17(20)16(18(26)21-19(22)27)23(10-13(4)5)14(24)11-28-15(25)9-12(2)3/h9,13H,6-8,10-11,20H2,1-5H3,(H,21,26,27). The van der Waals surface area contributed by atoms with Crippen molar-refractivity contribution in [2.24, 2.45) is 5.92 Å². The molecular formula is C19H30N4O5. The van der Waals surface area contributed by atoms with Gasteiger partial charge in [0.25, 0.3) is 11.5 Å². The highest BCUT2D eigenvalue weighted by Crippen LogP contribution is 2.19. The molecule has 0 fully saturated rings. The summed E-state index contributed by atoms with van der Waals surface area (Å²) in [6, 6.07) is 0. The van der Waals surface area contributed by atoms with Gasteiger partial charge in [-0.1, -0.05) is 32.8 Å². The lowest BCUT2D eigenvalue weighted by molar-refractivity contribution is -0.143. The number of aromatic nitrogens is 2. The summed E-state index contributed by atoms with van der Waals surface area (Å²) < 4.78 is 6.22. The van der Waals surface area contributed by atoms with Crippen LogP contribution >= 0.6 is 0 Å². The molecule has 0 bridgehead atoms. The monoisotopic (exact) mass is 394 g/mol. The molecular weight excluding hydrogens is 364 g/mol. The molecule has 0 aliphatic carbocycles. The quantitative estimate of drug-likeness (QED) is 0.482. The predicted molar refractivity (Wildman–Crippen MR) is 108 cm³/mol. The van der Waals surface area contributed by atoms with Gasteiger partial charge in [0, 0.05) is 19.2 Å². The summed E-state index contributed by atoms with van der Waals surface area (Å²) in [6.45, 7) is 9.12. The number of nitrogen functional groups attached to an aromatic ring is 1. The Morgan fingerprint density at radius 3 is 2.46 bits per heavy atom. The fraction of sp³-hybridized carbons (Fsp3) is 0.579. The van der Waals surface area contributed by atoms with Crippen LogP contribution in [0.4, 0.5) is 11.5 Å². The van der Waals surface area contributed by atoms with Gasteiger partial charge in [-0.05, 0) is 26.2 Å². The predicted octanol–water partition coefficient (Wildman–Crippen LogP) is 1.42. The summed E-state index contributed by atoms with van der Waals surface area (Å²) in [5.74, 6) is -1.31. The molecule has 0 aromatic carbocycles. The molecule has 1 amide bonds. The lowest BCUT2D eigenvalue weighted by atomic mass is 10.2. The molecule has 0 saturated carbocycles. The number of nitrogens with zero attached hydrogens (tertiary/aromatic N) is 2. The number of allylic oxidation sites excluding steroid dienone is 1. The number of rotatable bonds is 9. The minimum atomic E-state index is -0.750. The molecule has 0 saturated heterocycles. The maximum Gasteiger partial charge on any atom is 0.331 e. The molecule has 0 unspecified atom stereocenters. The van der Waals surface area contributed by atoms with Crippen LogP contribution in [0.2, 0.25) is 0 Å². The van der Waals surface area contributed by atoms with Crippen molar-refractivity contribution in [3.8, 4) is 0 Å². The van der Waals surface area contributed by atoms with Crippen LogP contribution in [0, 0.1) is 5.92 Å². The number of esters is 1. The summed E-state index contributed by atoms with van der Waals surface area (Å²) in [7, 11) is 0. The number of carbonyl (C=O) groups is 2. The van der Waals surface area contributed by atoms with Gasteiger partial charge < -0.3 is 15.4 Å². The minimum absolute atomic E-state index is 0.00672. The van der Waals surface area contributed by atoms with Gasteiger partial charge in [-0.2, -0.15) is 0 Å². The number of aromatic amines is 1. The first kappa shape index (κ1) is 23.2. The fourth-order valence-corrected chi connectivity index (χ4v) is 2.55. The zero-order valence-electron chi connectivity index (χ0n) is 17.2. The Bertz CT molecular complexity index is 847. The molecule has 156 valence electrons. The Hall–Kier alpha value is -2.84. The van der Waals surface area contributed by atoms with Crippen LogP contribution in [0.3, 0.4) is 0 Å². The van der Waals surface area contributed by atoms with E-state index in [-0.39, 0.29) is 24.0 Å². The van der Waals surface area contributed by atoms with Crippen LogP contribution in [0.5, 0.6) is 0 Å². The largest absolute Gasteiger partial charge is 0.452 e. The normalized spacial score (nSPS) is 10.6. The Kier molecular flexibility index (Phi) is 8.69. The number of nitrogens with two attached hydrogens (primary N) is 1. The van der Waals surface area contributed by atoms with Crippen molar-refractivity contribution in [2.45, 2.75) is 54.0 Å². The van der Waals surface area contributed by atoms with E-state index in [9.17, 15) is 19.2 Å². The molecule has 1 aromatic heterocycles. The van der Waals surface area contributed by atoms with Crippen molar-refractivity contribution >= 4 is 23.4 Å². The van der Waals surface area contributed by atoms with Crippen LogP contribution < -0.4 is 21.9 Å². The van der Waals surface area contributed by atoms with Crippen molar-refractivity contribution in [3.63, 3.8) is 0 Å². The molecule has 0 aliphatic rings. The van der Waals surface area contributed by atoms with Crippen molar-refractivity contribution in [3.05, 3.63) is 32.5 Å². The third-order valence-corrected chi connectivity index (χ3v) is 3.81. The van der Waals surface area contributed by atoms with Gasteiger partial charge in [-0.3, -0.25) is 19.1 Å². The summed E-state index contributed by atoms with van der Waals surface area (Å²) in [6.07, 6.45) is 2.79. The van der Waals surface area contributed by atoms with E-state index >= 15 is 0 Å². The van der Waals surface area contributed by atoms with Crippen LogP contribution in [-0.4, -0.2) is 34.6 Å². The molecule has 0 radical (unpaired) electrons. The van der Waals surface area contributed by atoms with Gasteiger partial charge in [0.05, 0.1) is 0 Å². The Morgan fingerprint density at radius 1 is 1.29 bits per heavy atom. The van der Waals surface area contributed by atoms with E-state index in [1.165, 1.54) is 15.5 Å². The maximum absolute atomic E-state index is 12.7. The number of hydrogen-bond acceptors (Lipinski definition) is 6. The van der Waals surface area contributed by atoms with Crippen LogP contribution in [0.15, 0.2) is 21.2 Å². The highest BCUT2D eigenvalue weighted by molar-refractivity contribution is 5.97. The van der Waals surface area contributed by atoms with Crippen LogP contribution in [0.25, 0.3) is 0 Å². The number of unbranched alkanes of at least 4 members (excludes halogenated alkanes) is 1. The average Bonchev–Trinajstić information content (AvgIpc) is 2.57. The molecule has 0 atom stereocenters. The highest BCUT2D eigenvalue weighted by Gasteiger charge is 2.25. The maximum atomic E-state index is 12.7. The number of carbonyl (C=O) groups excluding carboxylic acids is 2. The van der Waals surface area contributed by atoms with Crippen molar-refractivity contribution in [2.75, 3.05) is 23.8 Å². The number of anilines is 2. The molecule has 9 heteroatoms. The number of H-pyrrole nitrogens is 1. The number of hydrogen-bond donors (Lipinski definition) is 2. The van der Waals surface area contributed by atoms with E-state index < -0.39 is 29.7 Å². The molecule has 1 rings (SSSR count). The summed E-state index contributed by atoms with van der Waals surface area (Å²) in [5, 5.41) is 0. The van der Waals surface area contributed by atoms with Gasteiger partial charge in [0.2, 0.25) is 0 Å². The first-order valence-corrected chi connectivity index (χ1v) is 9.33. The molecule has 1 heterocycles. The lowest BCUT2D eigenvalue weighted by Crippen LogP contribution is -2.44. The summed E-state index contributed by atoms with van der Waals surface area (Å²) >= 11 is 0. The van der Waals surface area contributed by atoms with Crippen molar-refractivity contribution < 1.29 is 14.3 Å². The zero-order chi connectivity index (χ0) is 21.4. The van der Waals surface area contributed by atoms with Crippen LogP contribution in [-0.2, 0) is 20.9 Å². The Labute approximate surface area is 164 Å². The summed E-state index contributed by atoms with van der Waals surface area (Å²) in [5.41, 5.74) is 5.36. The first-order chi connectivity index (χ1) is 13.1. The van der Waals surface area contributed by atoms with E-state index in [1.54, 1.807) is 13.8 Å². The van der Waals surface area contributed by atoms with Gasteiger partial charge >= 0.3 is 11.7 Å². The lowest BCUT2D eigenvalue weighted by Gasteiger charge is -2.25. The summed E-state index contributed by atoms with van der Waals surface area (Å²) in [4.78, 5) is 52.3. The molecule has 9 nitrogen and oxygen atoms in total. The van der Waals surface area contributed by atoms with Crippen molar-refractivity contribution in [1.82, 2.24) is 9.55 Å². The number of nitrogens with one attached hydrogen (secondary N) is 1. The average molecular weight is 394 g/mol. The van der Waals surface area contributed by atoms with E-state index in [0.717, 1.165) is 12.0 Å². The second-order valence-electron chi connectivity index (χ2n) is 7.23. The van der Waals surface area contributed by atoms with Gasteiger partial charge in [-0.25, -0.2) is 9.59 Å². The van der Waals surface area contributed by atoms with E-state index in [2.05, 4.69) is 4.98 Å². The zero-order valence-corrected chi connectivity index (χ0v) is 17.2. The smallest absolute Gasteiger partial charge is 0.331 e. The third-order valence-electron chi connectivity index (χ3n) is 3.81. The molecule has 28 heavy (non-hydrogen) atoms. The molecule has 3 N–H and O–H groups in total. The van der Waals surface area contributed by atoms with E-state index in [1.807, 2.05) is 20.8 Å². The molecule has 1 aromatic rings. The number of ether oxygens (including phenoxy) is 1. The SMILES string of the molecule is CCCCn1c(N)c(N(CC(C)C)C(=O)COC(=O)C=C(C)C)c(=O)[nH]c1=O.